The first kappa shape index (κ1) is 10.0. The summed E-state index contributed by atoms with van der Waals surface area (Å²) in [6.45, 7) is 1.93. The molecule has 72 valence electrons. The number of nitriles is 1. The molecular weight excluding hydrogens is 168 g/mol. The Kier molecular flexibility index (Phi) is 3.71. The zero-order valence-electron chi connectivity index (χ0n) is 7.82. The number of piperidine rings is 1. The van der Waals surface area contributed by atoms with Crippen molar-refractivity contribution in [3.05, 3.63) is 0 Å². The third-order valence-corrected chi connectivity index (χ3v) is 2.19. The van der Waals surface area contributed by atoms with E-state index in [2.05, 4.69) is 4.90 Å². The lowest BCUT2D eigenvalue weighted by molar-refractivity contribution is -0.149. The van der Waals surface area contributed by atoms with Crippen molar-refractivity contribution in [2.24, 2.45) is 0 Å². The smallest absolute Gasteiger partial charge is 0.320 e. The maximum Gasteiger partial charge on any atom is 0.320 e. The summed E-state index contributed by atoms with van der Waals surface area (Å²) in [6, 6.07) is 1.78. The first-order valence-corrected chi connectivity index (χ1v) is 4.47. The molecule has 1 aliphatic rings. The number of nitrogens with zero attached hydrogens (tertiary/aromatic N) is 2. The van der Waals surface area contributed by atoms with E-state index in [0.29, 0.717) is 0 Å². The minimum atomic E-state index is -0.392. The molecule has 1 aliphatic heterocycles. The van der Waals surface area contributed by atoms with Crippen molar-refractivity contribution in [2.45, 2.75) is 25.4 Å². The van der Waals surface area contributed by atoms with Crippen molar-refractivity contribution in [2.75, 3.05) is 20.1 Å². The molecule has 4 nitrogen and oxygen atoms in total. The highest BCUT2D eigenvalue weighted by atomic mass is 16.5. The van der Waals surface area contributed by atoms with E-state index in [1.807, 2.05) is 7.05 Å². The number of hydrogen-bond acceptors (Lipinski definition) is 4. The van der Waals surface area contributed by atoms with Crippen molar-refractivity contribution in [1.29, 1.82) is 5.26 Å². The molecule has 0 aliphatic carbocycles. The summed E-state index contributed by atoms with van der Waals surface area (Å²) < 4.78 is 5.09. The molecule has 0 aromatic carbocycles. The van der Waals surface area contributed by atoms with Gasteiger partial charge in [0.25, 0.3) is 0 Å². The van der Waals surface area contributed by atoms with Gasteiger partial charge in [0.1, 0.15) is 12.5 Å². The lowest BCUT2D eigenvalue weighted by Crippen LogP contribution is -2.35. The molecule has 0 unspecified atom stereocenters. The monoisotopic (exact) mass is 182 g/mol. The summed E-state index contributed by atoms with van der Waals surface area (Å²) in [5.74, 6) is -0.392. The number of likely N-dealkylation sites (tertiary alicyclic amines) is 1. The molecule has 0 saturated carbocycles. The highest BCUT2D eigenvalue weighted by Gasteiger charge is 2.19. The fourth-order valence-electron chi connectivity index (χ4n) is 1.39. The fourth-order valence-corrected chi connectivity index (χ4v) is 1.39. The molecule has 1 saturated heterocycles. The standard InChI is InChI=1S/C9H14N2O2/c1-11-6-3-8(4-7-11)13-9(12)2-5-10/h8H,2-4,6-7H2,1H3. The summed E-state index contributed by atoms with van der Waals surface area (Å²) in [5.41, 5.74) is 0. The molecule has 0 atom stereocenters. The van der Waals surface area contributed by atoms with Crippen molar-refractivity contribution >= 4 is 5.97 Å². The number of ether oxygens (including phenoxy) is 1. The normalized spacial score (nSPS) is 19.4. The van der Waals surface area contributed by atoms with Gasteiger partial charge >= 0.3 is 5.97 Å². The topological polar surface area (TPSA) is 53.3 Å². The van der Waals surface area contributed by atoms with Crippen LogP contribution in [0.5, 0.6) is 0 Å². The van der Waals surface area contributed by atoms with Gasteiger partial charge in [-0.15, -0.1) is 0 Å². The van der Waals surface area contributed by atoms with Gasteiger partial charge in [-0.2, -0.15) is 5.26 Å². The Morgan fingerprint density at radius 1 is 1.62 bits per heavy atom. The maximum atomic E-state index is 10.9. The summed E-state index contributed by atoms with van der Waals surface area (Å²) in [7, 11) is 2.05. The molecule has 0 amide bonds. The Balaban J connectivity index is 2.23. The highest BCUT2D eigenvalue weighted by molar-refractivity contribution is 5.71. The van der Waals surface area contributed by atoms with E-state index in [0.717, 1.165) is 25.9 Å². The molecule has 0 bridgehead atoms. The third kappa shape index (κ3) is 3.43. The number of rotatable bonds is 2. The Morgan fingerprint density at radius 2 is 2.23 bits per heavy atom. The minimum absolute atomic E-state index is 0.0250. The summed E-state index contributed by atoms with van der Waals surface area (Å²) in [5, 5.41) is 8.25. The van der Waals surface area contributed by atoms with Crippen LogP contribution in [0.1, 0.15) is 19.3 Å². The van der Waals surface area contributed by atoms with E-state index in [9.17, 15) is 4.79 Å². The van der Waals surface area contributed by atoms with E-state index < -0.39 is 5.97 Å². The molecular formula is C9H14N2O2. The van der Waals surface area contributed by atoms with Gasteiger partial charge in [0.15, 0.2) is 0 Å². The van der Waals surface area contributed by atoms with Gasteiger partial charge in [-0.25, -0.2) is 0 Å². The molecule has 0 aromatic rings. The van der Waals surface area contributed by atoms with Crippen LogP contribution in [0, 0.1) is 11.3 Å². The summed E-state index contributed by atoms with van der Waals surface area (Å²) in [4.78, 5) is 13.1. The van der Waals surface area contributed by atoms with Gasteiger partial charge < -0.3 is 9.64 Å². The summed E-state index contributed by atoms with van der Waals surface area (Å²) in [6.07, 6.45) is 1.66. The van der Waals surface area contributed by atoms with Gasteiger partial charge in [0, 0.05) is 13.1 Å². The molecule has 0 aromatic heterocycles. The van der Waals surface area contributed by atoms with Crippen molar-refractivity contribution in [1.82, 2.24) is 4.90 Å². The predicted octanol–water partition coefficient (Wildman–Crippen LogP) is 0.537. The van der Waals surface area contributed by atoms with E-state index in [1.165, 1.54) is 0 Å². The molecule has 4 heteroatoms. The minimum Gasteiger partial charge on any atom is -0.462 e. The van der Waals surface area contributed by atoms with Crippen LogP contribution in [-0.2, 0) is 9.53 Å². The van der Waals surface area contributed by atoms with Crippen LogP contribution < -0.4 is 0 Å². The number of hydrogen-bond donors (Lipinski definition) is 0. The van der Waals surface area contributed by atoms with E-state index in [4.69, 9.17) is 10.00 Å². The molecule has 13 heavy (non-hydrogen) atoms. The summed E-state index contributed by atoms with van der Waals surface area (Å²) >= 11 is 0. The molecule has 0 spiro atoms. The largest absolute Gasteiger partial charge is 0.462 e. The first-order chi connectivity index (χ1) is 6.22. The van der Waals surface area contributed by atoms with Gasteiger partial charge in [-0.05, 0) is 19.9 Å². The third-order valence-electron chi connectivity index (χ3n) is 2.19. The Labute approximate surface area is 78.1 Å². The van der Waals surface area contributed by atoms with Crippen LogP contribution in [0.4, 0.5) is 0 Å². The SMILES string of the molecule is CN1CCC(OC(=O)CC#N)CC1. The van der Waals surface area contributed by atoms with Crippen LogP contribution >= 0.6 is 0 Å². The van der Waals surface area contributed by atoms with Crippen LogP contribution in [0.15, 0.2) is 0 Å². The van der Waals surface area contributed by atoms with Crippen molar-refractivity contribution in [3.8, 4) is 6.07 Å². The van der Waals surface area contributed by atoms with Gasteiger partial charge in [-0.1, -0.05) is 0 Å². The highest BCUT2D eigenvalue weighted by Crippen LogP contribution is 2.12. The van der Waals surface area contributed by atoms with Gasteiger partial charge in [0.2, 0.25) is 0 Å². The molecule has 1 heterocycles. The van der Waals surface area contributed by atoms with Gasteiger partial charge in [-0.3, -0.25) is 4.79 Å². The Morgan fingerprint density at radius 3 is 2.77 bits per heavy atom. The maximum absolute atomic E-state index is 10.9. The van der Waals surface area contributed by atoms with Crippen molar-refractivity contribution < 1.29 is 9.53 Å². The molecule has 0 radical (unpaired) electrons. The zero-order chi connectivity index (χ0) is 9.68. The quantitative estimate of drug-likeness (QED) is 0.585. The van der Waals surface area contributed by atoms with E-state index >= 15 is 0 Å². The number of carbonyl (C=O) groups excluding carboxylic acids is 1. The molecule has 0 N–H and O–H groups in total. The Bertz CT molecular complexity index is 214. The van der Waals surface area contributed by atoms with Crippen LogP contribution in [0.3, 0.4) is 0 Å². The number of esters is 1. The number of carbonyl (C=O) groups is 1. The van der Waals surface area contributed by atoms with Crippen LogP contribution in [0.2, 0.25) is 0 Å². The first-order valence-electron chi connectivity index (χ1n) is 4.47. The second-order valence-corrected chi connectivity index (χ2v) is 3.33. The van der Waals surface area contributed by atoms with Crippen LogP contribution in [0.25, 0.3) is 0 Å². The predicted molar refractivity (Wildman–Crippen MR) is 46.8 cm³/mol. The molecule has 1 fully saturated rings. The van der Waals surface area contributed by atoms with Crippen LogP contribution in [-0.4, -0.2) is 37.1 Å². The lowest BCUT2D eigenvalue weighted by Gasteiger charge is -2.28. The Hall–Kier alpha value is -1.08. The average Bonchev–Trinajstić information content (AvgIpc) is 2.09. The second kappa shape index (κ2) is 4.83. The average molecular weight is 182 g/mol. The zero-order valence-corrected chi connectivity index (χ0v) is 7.82. The second-order valence-electron chi connectivity index (χ2n) is 3.33. The van der Waals surface area contributed by atoms with Crippen molar-refractivity contribution in [3.63, 3.8) is 0 Å². The van der Waals surface area contributed by atoms with E-state index in [1.54, 1.807) is 6.07 Å². The lowest BCUT2D eigenvalue weighted by atomic mass is 10.1. The fraction of sp³-hybridized carbons (Fsp3) is 0.778. The van der Waals surface area contributed by atoms with E-state index in [-0.39, 0.29) is 12.5 Å². The molecule has 1 rings (SSSR count). The van der Waals surface area contributed by atoms with Gasteiger partial charge in [0.05, 0.1) is 6.07 Å².